The number of rotatable bonds is 8. The first kappa shape index (κ1) is 30.2. The van der Waals surface area contributed by atoms with Crippen molar-refractivity contribution in [3.05, 3.63) is 71.8 Å². The molecule has 1 unspecified atom stereocenters. The number of benzene rings is 2. The summed E-state index contributed by atoms with van der Waals surface area (Å²) in [5.41, 5.74) is 6.33. The summed E-state index contributed by atoms with van der Waals surface area (Å²) >= 11 is 0. The van der Waals surface area contributed by atoms with Gasteiger partial charge in [-0.2, -0.15) is 13.9 Å². The molecule has 0 saturated carbocycles. The Morgan fingerprint density at radius 2 is 1.84 bits per heavy atom. The van der Waals surface area contributed by atoms with E-state index < -0.39 is 46.6 Å². The van der Waals surface area contributed by atoms with Crippen LogP contribution in [-0.4, -0.2) is 62.9 Å². The van der Waals surface area contributed by atoms with Crippen LogP contribution in [0.2, 0.25) is 0 Å². The molecular formula is C28H24F5N7O4. The molecule has 2 amide bonds. The van der Waals surface area contributed by atoms with Gasteiger partial charge in [-0.3, -0.25) is 0 Å². The van der Waals surface area contributed by atoms with Crippen molar-refractivity contribution >= 4 is 28.9 Å². The Labute approximate surface area is 246 Å². The molecule has 1 aliphatic rings. The number of likely N-dealkylation sites (tertiary alicyclic amines) is 1. The van der Waals surface area contributed by atoms with Gasteiger partial charge in [0.25, 0.3) is 0 Å². The van der Waals surface area contributed by atoms with Crippen LogP contribution in [0, 0.1) is 29.1 Å². The van der Waals surface area contributed by atoms with Crippen molar-refractivity contribution < 1.29 is 41.0 Å². The van der Waals surface area contributed by atoms with Crippen molar-refractivity contribution in [2.75, 3.05) is 32.0 Å². The van der Waals surface area contributed by atoms with E-state index in [0.717, 1.165) is 12.1 Å². The number of hydrogen-bond donors (Lipinski definition) is 2. The van der Waals surface area contributed by atoms with E-state index in [1.54, 1.807) is 11.8 Å². The molecule has 4 aromatic rings. The third kappa shape index (κ3) is 5.95. The lowest BCUT2D eigenvalue weighted by Crippen LogP contribution is -2.38. The zero-order valence-electron chi connectivity index (χ0n) is 23.0. The topological polar surface area (TPSA) is 137 Å². The van der Waals surface area contributed by atoms with Gasteiger partial charge < -0.3 is 25.4 Å². The fourth-order valence-corrected chi connectivity index (χ4v) is 4.68. The van der Waals surface area contributed by atoms with E-state index in [4.69, 9.17) is 15.2 Å². The van der Waals surface area contributed by atoms with E-state index in [1.165, 1.54) is 29.2 Å². The number of aromatic nitrogens is 4. The monoisotopic (exact) mass is 617 g/mol. The molecule has 0 aliphatic carbocycles. The zero-order chi connectivity index (χ0) is 31.5. The molecule has 2 aromatic carbocycles. The average molecular weight is 618 g/mol. The van der Waals surface area contributed by atoms with Crippen molar-refractivity contribution in [1.82, 2.24) is 30.0 Å². The molecule has 0 bridgehead atoms. The maximum Gasteiger partial charge on any atom is 0.330 e. The first-order chi connectivity index (χ1) is 21.1. The highest BCUT2D eigenvalue weighted by Gasteiger charge is 2.31. The van der Waals surface area contributed by atoms with Crippen LogP contribution in [0.4, 0.5) is 32.6 Å². The summed E-state index contributed by atoms with van der Waals surface area (Å²) in [6.07, 6.45) is 4.37. The van der Waals surface area contributed by atoms with E-state index >= 15 is 4.39 Å². The number of halogens is 5. The first-order valence-corrected chi connectivity index (χ1v) is 13.2. The van der Waals surface area contributed by atoms with Gasteiger partial charge in [0.1, 0.15) is 29.4 Å². The highest BCUT2D eigenvalue weighted by atomic mass is 19.2. The number of nitrogens with zero attached hydrogens (tertiary/aromatic N) is 5. The normalized spacial score (nSPS) is 14.9. The summed E-state index contributed by atoms with van der Waals surface area (Å²) in [5.74, 6) is -10.2. The van der Waals surface area contributed by atoms with Gasteiger partial charge in [-0.15, -0.1) is 0 Å². The number of ether oxygens (including phenoxy) is 2. The largest absolute Gasteiger partial charge is 0.463 e. The van der Waals surface area contributed by atoms with E-state index in [0.29, 0.717) is 13.0 Å². The Balaban J connectivity index is 1.38. The standard InChI is InChI=1S/C28H24F5N7O4/c1-2-43-20(41)4-3-8-35-28(42)39-9-7-14(12-39)40-27-21(26(34)36-13-37-27)24(38-40)16-6-5-15(10-17(16)29)44-25-22(32)18(30)11-19(31)23(25)33/h3-6,10-11,13-14H,2,7-9,12H2,1H3,(H,35,42)(H2,34,36,37). The number of anilines is 1. The van der Waals surface area contributed by atoms with Crippen LogP contribution in [-0.2, 0) is 9.53 Å². The molecule has 16 heteroatoms. The Kier molecular flexibility index (Phi) is 8.59. The fraction of sp³-hybridized carbons (Fsp3) is 0.250. The lowest BCUT2D eigenvalue weighted by atomic mass is 10.1. The quantitative estimate of drug-likeness (QED) is 0.126. The van der Waals surface area contributed by atoms with Crippen molar-refractivity contribution in [2.24, 2.45) is 0 Å². The third-order valence-corrected chi connectivity index (χ3v) is 6.71. The van der Waals surface area contributed by atoms with Gasteiger partial charge in [0.05, 0.1) is 18.0 Å². The molecule has 0 radical (unpaired) electrons. The number of hydrogen-bond acceptors (Lipinski definition) is 8. The number of nitrogen functional groups attached to an aromatic ring is 1. The highest BCUT2D eigenvalue weighted by molar-refractivity contribution is 5.98. The van der Waals surface area contributed by atoms with Crippen molar-refractivity contribution in [1.29, 1.82) is 0 Å². The summed E-state index contributed by atoms with van der Waals surface area (Å²) < 4.78 is 81.9. The van der Waals surface area contributed by atoms with Crippen molar-refractivity contribution in [3.63, 3.8) is 0 Å². The van der Waals surface area contributed by atoms with E-state index in [9.17, 15) is 27.2 Å². The minimum atomic E-state index is -1.78. The summed E-state index contributed by atoms with van der Waals surface area (Å²) in [6.45, 7) is 2.61. The molecule has 1 fully saturated rings. The average Bonchev–Trinajstić information content (AvgIpc) is 3.63. The highest BCUT2D eigenvalue weighted by Crippen LogP contribution is 2.37. The molecule has 230 valence electrons. The molecule has 3 N–H and O–H groups in total. The SMILES string of the molecule is CCOC(=O)C=CCNC(=O)N1CCC(n2nc(-c3ccc(Oc4c(F)c(F)cc(F)c4F)cc3F)c3c(N)ncnc32)C1. The minimum Gasteiger partial charge on any atom is -0.463 e. The Morgan fingerprint density at radius 3 is 2.55 bits per heavy atom. The lowest BCUT2D eigenvalue weighted by molar-refractivity contribution is -0.137. The minimum absolute atomic E-state index is 0.00339. The molecule has 0 spiro atoms. The summed E-state index contributed by atoms with van der Waals surface area (Å²) in [6, 6.07) is 2.35. The summed E-state index contributed by atoms with van der Waals surface area (Å²) in [7, 11) is 0. The van der Waals surface area contributed by atoms with Crippen LogP contribution in [0.25, 0.3) is 22.3 Å². The molecule has 44 heavy (non-hydrogen) atoms. The number of nitrogens with two attached hydrogens (primary N) is 1. The lowest BCUT2D eigenvalue weighted by Gasteiger charge is -2.17. The molecule has 1 saturated heterocycles. The summed E-state index contributed by atoms with van der Waals surface area (Å²) in [5, 5.41) is 7.45. The van der Waals surface area contributed by atoms with Gasteiger partial charge in [-0.05, 0) is 25.5 Å². The molecule has 1 atom stereocenters. The molecule has 2 aromatic heterocycles. The van der Waals surface area contributed by atoms with Gasteiger partial charge in [0, 0.05) is 43.4 Å². The fourth-order valence-electron chi connectivity index (χ4n) is 4.68. The Bertz CT molecular complexity index is 1760. The second-order valence-electron chi connectivity index (χ2n) is 9.52. The van der Waals surface area contributed by atoms with Gasteiger partial charge in [-0.25, -0.2) is 37.4 Å². The van der Waals surface area contributed by atoms with Gasteiger partial charge in [0.2, 0.25) is 17.4 Å². The second kappa shape index (κ2) is 12.5. The van der Waals surface area contributed by atoms with Gasteiger partial charge in [-0.1, -0.05) is 6.08 Å². The van der Waals surface area contributed by atoms with Crippen LogP contribution < -0.4 is 15.8 Å². The second-order valence-corrected chi connectivity index (χ2v) is 9.52. The molecule has 1 aliphatic heterocycles. The number of esters is 1. The third-order valence-electron chi connectivity index (χ3n) is 6.71. The molecule has 3 heterocycles. The van der Waals surface area contributed by atoms with Crippen LogP contribution in [0.3, 0.4) is 0 Å². The van der Waals surface area contributed by atoms with E-state index in [2.05, 4.69) is 20.4 Å². The van der Waals surface area contributed by atoms with Crippen LogP contribution in [0.5, 0.6) is 11.5 Å². The smallest absolute Gasteiger partial charge is 0.330 e. The maximum atomic E-state index is 15.4. The number of amides is 2. The first-order valence-electron chi connectivity index (χ1n) is 13.2. The van der Waals surface area contributed by atoms with Crippen LogP contribution in [0.1, 0.15) is 19.4 Å². The van der Waals surface area contributed by atoms with Crippen LogP contribution >= 0.6 is 0 Å². The molecule has 11 nitrogen and oxygen atoms in total. The molecular weight excluding hydrogens is 593 g/mol. The molecule has 5 rings (SSSR count). The predicted molar refractivity (Wildman–Crippen MR) is 146 cm³/mol. The van der Waals surface area contributed by atoms with E-state index in [-0.39, 0.29) is 65.9 Å². The number of urea groups is 1. The number of carbonyl (C=O) groups excluding carboxylic acids is 2. The van der Waals surface area contributed by atoms with Crippen molar-refractivity contribution in [2.45, 2.75) is 19.4 Å². The van der Waals surface area contributed by atoms with E-state index in [1.807, 2.05) is 0 Å². The summed E-state index contributed by atoms with van der Waals surface area (Å²) in [4.78, 5) is 33.8. The number of fused-ring (bicyclic) bond motifs is 1. The van der Waals surface area contributed by atoms with Gasteiger partial charge in [0.15, 0.2) is 17.3 Å². The van der Waals surface area contributed by atoms with Crippen molar-refractivity contribution in [3.8, 4) is 22.8 Å². The zero-order valence-corrected chi connectivity index (χ0v) is 23.0. The number of nitrogens with one attached hydrogen (secondary N) is 1. The number of carbonyl (C=O) groups is 2. The predicted octanol–water partition coefficient (Wildman–Crippen LogP) is 4.64. The maximum absolute atomic E-state index is 15.4. The Morgan fingerprint density at radius 1 is 1.09 bits per heavy atom. The Hall–Kier alpha value is -5.28. The van der Waals surface area contributed by atoms with Gasteiger partial charge >= 0.3 is 12.0 Å². The van der Waals surface area contributed by atoms with Crippen LogP contribution in [0.15, 0.2) is 42.7 Å².